The molecule has 0 spiro atoms. The van der Waals surface area contributed by atoms with E-state index >= 15 is 0 Å². The molecule has 0 aromatic heterocycles. The molecule has 0 radical (unpaired) electrons. The average Bonchev–Trinajstić information content (AvgIpc) is 3.22. The first-order valence-electron chi connectivity index (χ1n) is 7.07. The summed E-state index contributed by atoms with van der Waals surface area (Å²) in [7, 11) is 1.62. The van der Waals surface area contributed by atoms with E-state index in [-0.39, 0.29) is 5.78 Å². The van der Waals surface area contributed by atoms with Gasteiger partial charge in [-0.2, -0.15) is 0 Å². The predicted molar refractivity (Wildman–Crippen MR) is 76.9 cm³/mol. The van der Waals surface area contributed by atoms with E-state index in [0.717, 1.165) is 18.5 Å². The van der Waals surface area contributed by atoms with Crippen molar-refractivity contribution >= 4 is 5.78 Å². The van der Waals surface area contributed by atoms with Crippen LogP contribution in [-0.4, -0.2) is 36.9 Å². The Morgan fingerprint density at radius 3 is 2.74 bits per heavy atom. The second-order valence-corrected chi connectivity index (χ2v) is 5.33. The van der Waals surface area contributed by atoms with Gasteiger partial charge in [-0.05, 0) is 50.4 Å². The Labute approximate surface area is 115 Å². The Balaban J connectivity index is 2.10. The summed E-state index contributed by atoms with van der Waals surface area (Å²) in [6.07, 6.45) is 3.56. The lowest BCUT2D eigenvalue weighted by Gasteiger charge is -2.20. The van der Waals surface area contributed by atoms with Crippen LogP contribution in [0.4, 0.5) is 0 Å². The van der Waals surface area contributed by atoms with Gasteiger partial charge in [0.05, 0.1) is 19.2 Å². The Hall–Kier alpha value is -1.35. The molecule has 1 aromatic rings. The molecule has 3 heteroatoms. The molecular weight excluding hydrogens is 238 g/mol. The summed E-state index contributed by atoms with van der Waals surface area (Å²) in [5.74, 6) is 0.856. The Morgan fingerprint density at radius 1 is 1.42 bits per heavy atom. The Bertz CT molecular complexity index is 452. The lowest BCUT2D eigenvalue weighted by molar-refractivity contribution is 0.0922. The van der Waals surface area contributed by atoms with E-state index in [2.05, 4.69) is 11.8 Å². The molecule has 19 heavy (non-hydrogen) atoms. The first-order chi connectivity index (χ1) is 9.15. The molecule has 0 heterocycles. The number of Topliss-reactive ketones (excluding diaryl/α,β-unsaturated/α-hetero) is 1. The highest BCUT2D eigenvalue weighted by atomic mass is 16.5. The fourth-order valence-electron chi connectivity index (χ4n) is 2.42. The number of benzene rings is 1. The molecule has 0 N–H and O–H groups in total. The SMILES string of the molecule is CCCN(CC(=O)c1ccc(C)cc1OC)C1CC1. The van der Waals surface area contributed by atoms with Gasteiger partial charge in [-0.25, -0.2) is 0 Å². The lowest BCUT2D eigenvalue weighted by atomic mass is 10.1. The third-order valence-electron chi connectivity index (χ3n) is 3.58. The quantitative estimate of drug-likeness (QED) is 0.706. The molecule has 1 aliphatic rings. The number of rotatable bonds is 7. The van der Waals surface area contributed by atoms with Crippen molar-refractivity contribution in [2.45, 2.75) is 39.2 Å². The first kappa shape index (κ1) is 14.1. The number of ketones is 1. The van der Waals surface area contributed by atoms with Gasteiger partial charge in [0.2, 0.25) is 0 Å². The number of carbonyl (C=O) groups excluding carboxylic acids is 1. The van der Waals surface area contributed by atoms with Crippen molar-refractivity contribution < 1.29 is 9.53 Å². The van der Waals surface area contributed by atoms with Gasteiger partial charge in [0.1, 0.15) is 5.75 Å². The Morgan fingerprint density at radius 2 is 2.16 bits per heavy atom. The normalized spacial score (nSPS) is 14.7. The van der Waals surface area contributed by atoms with Crippen LogP contribution in [0.2, 0.25) is 0 Å². The Kier molecular flexibility index (Phi) is 4.59. The van der Waals surface area contributed by atoms with Crippen LogP contribution >= 0.6 is 0 Å². The van der Waals surface area contributed by atoms with Crippen molar-refractivity contribution in [1.29, 1.82) is 0 Å². The summed E-state index contributed by atoms with van der Waals surface area (Å²) in [4.78, 5) is 14.7. The third kappa shape index (κ3) is 3.57. The number of hydrogen-bond donors (Lipinski definition) is 0. The number of carbonyl (C=O) groups is 1. The summed E-state index contributed by atoms with van der Waals surface area (Å²) >= 11 is 0. The number of hydrogen-bond acceptors (Lipinski definition) is 3. The highest BCUT2D eigenvalue weighted by molar-refractivity contribution is 6.00. The van der Waals surface area contributed by atoms with Crippen LogP contribution in [0, 0.1) is 6.92 Å². The van der Waals surface area contributed by atoms with Crippen LogP contribution in [0.5, 0.6) is 5.75 Å². The fourth-order valence-corrected chi connectivity index (χ4v) is 2.42. The van der Waals surface area contributed by atoms with Gasteiger partial charge in [-0.15, -0.1) is 0 Å². The molecule has 1 aromatic carbocycles. The predicted octanol–water partition coefficient (Wildman–Crippen LogP) is 3.06. The van der Waals surface area contributed by atoms with E-state index < -0.39 is 0 Å². The highest BCUT2D eigenvalue weighted by Crippen LogP contribution is 2.28. The monoisotopic (exact) mass is 261 g/mol. The van der Waals surface area contributed by atoms with Crippen molar-refractivity contribution in [2.24, 2.45) is 0 Å². The molecule has 2 rings (SSSR count). The summed E-state index contributed by atoms with van der Waals surface area (Å²) in [5, 5.41) is 0. The van der Waals surface area contributed by atoms with E-state index in [1.807, 2.05) is 25.1 Å². The van der Waals surface area contributed by atoms with Crippen LogP contribution < -0.4 is 4.74 Å². The first-order valence-corrected chi connectivity index (χ1v) is 7.07. The van der Waals surface area contributed by atoms with E-state index in [9.17, 15) is 4.79 Å². The minimum absolute atomic E-state index is 0.164. The van der Waals surface area contributed by atoms with Crippen LogP contribution in [-0.2, 0) is 0 Å². The maximum atomic E-state index is 12.4. The standard InChI is InChI=1S/C16H23NO2/c1-4-9-17(13-6-7-13)11-15(18)14-8-5-12(2)10-16(14)19-3/h5,8,10,13H,4,6-7,9,11H2,1-3H3. The largest absolute Gasteiger partial charge is 0.496 e. The van der Waals surface area contributed by atoms with Crippen LogP contribution in [0.3, 0.4) is 0 Å². The minimum atomic E-state index is 0.164. The molecule has 0 saturated heterocycles. The van der Waals surface area contributed by atoms with Crippen molar-refractivity contribution in [3.05, 3.63) is 29.3 Å². The number of ether oxygens (including phenoxy) is 1. The molecule has 0 atom stereocenters. The average molecular weight is 261 g/mol. The van der Waals surface area contributed by atoms with Gasteiger partial charge in [-0.3, -0.25) is 9.69 Å². The molecular formula is C16H23NO2. The van der Waals surface area contributed by atoms with Crippen molar-refractivity contribution in [3.63, 3.8) is 0 Å². The van der Waals surface area contributed by atoms with Gasteiger partial charge < -0.3 is 4.74 Å². The van der Waals surface area contributed by atoms with Gasteiger partial charge >= 0.3 is 0 Å². The van der Waals surface area contributed by atoms with Crippen molar-refractivity contribution in [3.8, 4) is 5.75 Å². The van der Waals surface area contributed by atoms with E-state index in [0.29, 0.717) is 23.9 Å². The topological polar surface area (TPSA) is 29.5 Å². The van der Waals surface area contributed by atoms with Gasteiger partial charge in [-0.1, -0.05) is 13.0 Å². The number of methoxy groups -OCH3 is 1. The zero-order valence-electron chi connectivity index (χ0n) is 12.1. The fraction of sp³-hybridized carbons (Fsp3) is 0.562. The van der Waals surface area contributed by atoms with E-state index in [1.54, 1.807) is 7.11 Å². The maximum absolute atomic E-state index is 12.4. The summed E-state index contributed by atoms with van der Waals surface area (Å²) in [5.41, 5.74) is 1.82. The highest BCUT2D eigenvalue weighted by Gasteiger charge is 2.30. The molecule has 0 bridgehead atoms. The van der Waals surface area contributed by atoms with Crippen LogP contribution in [0.25, 0.3) is 0 Å². The van der Waals surface area contributed by atoms with Gasteiger partial charge in [0.15, 0.2) is 5.78 Å². The molecule has 1 saturated carbocycles. The lowest BCUT2D eigenvalue weighted by Crippen LogP contribution is -2.32. The molecule has 0 amide bonds. The van der Waals surface area contributed by atoms with E-state index in [1.165, 1.54) is 12.8 Å². The molecule has 104 valence electrons. The number of nitrogens with zero attached hydrogens (tertiary/aromatic N) is 1. The van der Waals surface area contributed by atoms with Crippen molar-refractivity contribution in [2.75, 3.05) is 20.2 Å². The van der Waals surface area contributed by atoms with Gasteiger partial charge in [0.25, 0.3) is 0 Å². The van der Waals surface area contributed by atoms with Gasteiger partial charge in [0, 0.05) is 6.04 Å². The van der Waals surface area contributed by atoms with Crippen LogP contribution in [0.15, 0.2) is 18.2 Å². The second kappa shape index (κ2) is 6.20. The molecule has 0 aliphatic heterocycles. The summed E-state index contributed by atoms with van der Waals surface area (Å²) in [6.45, 7) is 5.68. The zero-order valence-corrected chi connectivity index (χ0v) is 12.1. The summed E-state index contributed by atoms with van der Waals surface area (Å²) in [6, 6.07) is 6.40. The van der Waals surface area contributed by atoms with E-state index in [4.69, 9.17) is 4.74 Å². The van der Waals surface area contributed by atoms with Crippen molar-refractivity contribution in [1.82, 2.24) is 4.90 Å². The van der Waals surface area contributed by atoms with Crippen LogP contribution in [0.1, 0.15) is 42.1 Å². The molecule has 1 aliphatic carbocycles. The molecule has 0 unspecified atom stereocenters. The third-order valence-corrected chi connectivity index (χ3v) is 3.58. The zero-order chi connectivity index (χ0) is 13.8. The smallest absolute Gasteiger partial charge is 0.180 e. The molecule has 3 nitrogen and oxygen atoms in total. The number of aryl methyl sites for hydroxylation is 1. The second-order valence-electron chi connectivity index (χ2n) is 5.33. The maximum Gasteiger partial charge on any atom is 0.180 e. The summed E-state index contributed by atoms with van der Waals surface area (Å²) < 4.78 is 5.33. The molecule has 1 fully saturated rings. The minimum Gasteiger partial charge on any atom is -0.496 e.